The van der Waals surface area contributed by atoms with Crippen LogP contribution < -0.4 is 0 Å². The molecule has 1 saturated heterocycles. The van der Waals surface area contributed by atoms with E-state index in [2.05, 4.69) is 0 Å². The van der Waals surface area contributed by atoms with Gasteiger partial charge in [0.05, 0.1) is 13.2 Å². The zero-order valence-corrected chi connectivity index (χ0v) is 10.3. The highest BCUT2D eigenvalue weighted by molar-refractivity contribution is 6.12. The Labute approximate surface area is 110 Å². The molecule has 94 valence electrons. The predicted molar refractivity (Wildman–Crippen MR) is 69.0 cm³/mol. The molecule has 2 aromatic rings. The Morgan fingerprint density at radius 2 is 1.26 bits per heavy atom. The number of hydrogen-bond donors (Lipinski definition) is 0. The fourth-order valence-electron chi connectivity index (χ4n) is 2.95. The van der Waals surface area contributed by atoms with E-state index in [9.17, 15) is 4.79 Å². The highest BCUT2D eigenvalue weighted by atomic mass is 16.7. The Kier molecular flexibility index (Phi) is 2.16. The van der Waals surface area contributed by atoms with E-state index >= 15 is 0 Å². The molecule has 0 bridgehead atoms. The summed E-state index contributed by atoms with van der Waals surface area (Å²) in [6.45, 7) is 1.08. The summed E-state index contributed by atoms with van der Waals surface area (Å²) in [5.74, 6) is -0.864. The average molecular weight is 252 g/mol. The van der Waals surface area contributed by atoms with Crippen LogP contribution in [0.15, 0.2) is 48.5 Å². The first-order valence-corrected chi connectivity index (χ1v) is 6.34. The monoisotopic (exact) mass is 252 g/mol. The van der Waals surface area contributed by atoms with E-state index in [1.54, 1.807) is 0 Å². The van der Waals surface area contributed by atoms with Gasteiger partial charge in [-0.15, -0.1) is 0 Å². The fraction of sp³-hybridized carbons (Fsp3) is 0.188. The quantitative estimate of drug-likeness (QED) is 0.722. The van der Waals surface area contributed by atoms with Gasteiger partial charge >= 0.3 is 0 Å². The summed E-state index contributed by atoms with van der Waals surface area (Å²) in [5, 5.41) is 0. The van der Waals surface area contributed by atoms with Gasteiger partial charge in [0.25, 0.3) is 0 Å². The molecule has 0 aromatic heterocycles. The molecule has 0 N–H and O–H groups in total. The number of carbonyl (C=O) groups excluding carboxylic acids is 1. The minimum Gasteiger partial charge on any atom is -0.340 e. The standard InChI is InChI=1S/C16H12O3/c17-15-11-5-1-3-7-13(11)16(18-9-10-19-16)14-8-4-2-6-12(14)15/h1-8H,9-10H2. The van der Waals surface area contributed by atoms with Crippen LogP contribution in [0.2, 0.25) is 0 Å². The number of benzene rings is 2. The summed E-state index contributed by atoms with van der Waals surface area (Å²) in [4.78, 5) is 12.5. The van der Waals surface area contributed by atoms with Crippen molar-refractivity contribution >= 4 is 5.78 Å². The fourth-order valence-corrected chi connectivity index (χ4v) is 2.95. The van der Waals surface area contributed by atoms with Crippen molar-refractivity contribution in [2.45, 2.75) is 5.79 Å². The summed E-state index contributed by atoms with van der Waals surface area (Å²) >= 11 is 0. The Hall–Kier alpha value is -1.97. The highest BCUT2D eigenvalue weighted by Crippen LogP contribution is 2.45. The summed E-state index contributed by atoms with van der Waals surface area (Å²) < 4.78 is 11.8. The van der Waals surface area contributed by atoms with Gasteiger partial charge in [0, 0.05) is 22.3 Å². The molecule has 19 heavy (non-hydrogen) atoms. The molecule has 0 saturated carbocycles. The number of rotatable bonds is 0. The van der Waals surface area contributed by atoms with Crippen molar-refractivity contribution in [3.8, 4) is 0 Å². The van der Waals surface area contributed by atoms with Crippen LogP contribution >= 0.6 is 0 Å². The second-order valence-electron chi connectivity index (χ2n) is 4.73. The summed E-state index contributed by atoms with van der Waals surface area (Å²) in [7, 11) is 0. The van der Waals surface area contributed by atoms with Crippen molar-refractivity contribution in [1.29, 1.82) is 0 Å². The van der Waals surface area contributed by atoms with Crippen LogP contribution in [-0.2, 0) is 15.3 Å². The van der Waals surface area contributed by atoms with Crippen molar-refractivity contribution < 1.29 is 14.3 Å². The third-order valence-corrected chi connectivity index (χ3v) is 3.75. The van der Waals surface area contributed by atoms with E-state index in [4.69, 9.17) is 9.47 Å². The van der Waals surface area contributed by atoms with Crippen molar-refractivity contribution in [3.05, 3.63) is 70.8 Å². The lowest BCUT2D eigenvalue weighted by atomic mass is 9.80. The Bertz CT molecular complexity index is 618. The lowest BCUT2D eigenvalue weighted by Crippen LogP contribution is -2.36. The first-order valence-electron chi connectivity index (χ1n) is 6.34. The van der Waals surface area contributed by atoms with Gasteiger partial charge in [-0.05, 0) is 0 Å². The molecule has 1 aliphatic carbocycles. The molecule has 0 atom stereocenters. The third-order valence-electron chi connectivity index (χ3n) is 3.75. The molecule has 2 aliphatic rings. The van der Waals surface area contributed by atoms with Crippen molar-refractivity contribution in [2.24, 2.45) is 0 Å². The maximum absolute atomic E-state index is 12.5. The Morgan fingerprint density at radius 1 is 0.789 bits per heavy atom. The number of ether oxygens (including phenoxy) is 2. The van der Waals surface area contributed by atoms with Crippen LogP contribution in [0.3, 0.4) is 0 Å². The molecule has 0 radical (unpaired) electrons. The lowest BCUT2D eigenvalue weighted by molar-refractivity contribution is -0.131. The molecule has 4 rings (SSSR count). The molecule has 0 unspecified atom stereocenters. The van der Waals surface area contributed by atoms with Gasteiger partial charge in [-0.3, -0.25) is 4.79 Å². The van der Waals surface area contributed by atoms with Crippen molar-refractivity contribution in [2.75, 3.05) is 13.2 Å². The van der Waals surface area contributed by atoms with Gasteiger partial charge in [0.15, 0.2) is 5.78 Å². The molecular weight excluding hydrogens is 240 g/mol. The molecule has 1 aliphatic heterocycles. The maximum Gasteiger partial charge on any atom is 0.223 e. The van der Waals surface area contributed by atoms with E-state index in [1.807, 2.05) is 48.5 Å². The summed E-state index contributed by atoms with van der Waals surface area (Å²) in [6.07, 6.45) is 0. The molecule has 2 aromatic carbocycles. The second kappa shape index (κ2) is 3.76. The largest absolute Gasteiger partial charge is 0.340 e. The van der Waals surface area contributed by atoms with Crippen LogP contribution in [0.5, 0.6) is 0 Å². The molecule has 1 heterocycles. The molecule has 3 heteroatoms. The number of hydrogen-bond acceptors (Lipinski definition) is 3. The van der Waals surface area contributed by atoms with Crippen LogP contribution in [-0.4, -0.2) is 19.0 Å². The van der Waals surface area contributed by atoms with Gasteiger partial charge in [-0.1, -0.05) is 48.5 Å². The minimum absolute atomic E-state index is 0.0379. The van der Waals surface area contributed by atoms with Crippen LogP contribution in [0.1, 0.15) is 27.0 Å². The van der Waals surface area contributed by atoms with Crippen LogP contribution in [0, 0.1) is 0 Å². The maximum atomic E-state index is 12.5. The van der Waals surface area contributed by atoms with Crippen molar-refractivity contribution in [1.82, 2.24) is 0 Å². The molecule has 1 fully saturated rings. The molecule has 0 amide bonds. The van der Waals surface area contributed by atoms with Crippen LogP contribution in [0.4, 0.5) is 0 Å². The first-order chi connectivity index (χ1) is 9.33. The number of fused-ring (bicyclic) bond motifs is 4. The zero-order valence-electron chi connectivity index (χ0n) is 10.3. The van der Waals surface area contributed by atoms with Crippen molar-refractivity contribution in [3.63, 3.8) is 0 Å². The summed E-state index contributed by atoms with van der Waals surface area (Å²) in [5.41, 5.74) is 2.97. The smallest absolute Gasteiger partial charge is 0.223 e. The molecular formula is C16H12O3. The van der Waals surface area contributed by atoms with E-state index in [0.29, 0.717) is 24.3 Å². The van der Waals surface area contributed by atoms with Crippen LogP contribution in [0.25, 0.3) is 0 Å². The average Bonchev–Trinajstić information content (AvgIpc) is 2.96. The van der Waals surface area contributed by atoms with Gasteiger partial charge in [-0.25, -0.2) is 0 Å². The zero-order chi connectivity index (χ0) is 12.9. The normalized spacial score (nSPS) is 19.3. The van der Waals surface area contributed by atoms with Gasteiger partial charge in [-0.2, -0.15) is 0 Å². The van der Waals surface area contributed by atoms with E-state index in [1.165, 1.54) is 0 Å². The number of ketones is 1. The lowest BCUT2D eigenvalue weighted by Gasteiger charge is -2.34. The van der Waals surface area contributed by atoms with E-state index < -0.39 is 5.79 Å². The molecule has 3 nitrogen and oxygen atoms in total. The summed E-state index contributed by atoms with van der Waals surface area (Å²) in [6, 6.07) is 15.0. The Morgan fingerprint density at radius 3 is 1.79 bits per heavy atom. The highest BCUT2D eigenvalue weighted by Gasteiger charge is 2.48. The molecule has 1 spiro atoms. The third kappa shape index (κ3) is 1.31. The van der Waals surface area contributed by atoms with E-state index in [0.717, 1.165) is 11.1 Å². The van der Waals surface area contributed by atoms with Gasteiger partial charge < -0.3 is 9.47 Å². The SMILES string of the molecule is O=C1c2ccccc2C2(OCCO2)c2ccccc21. The first kappa shape index (κ1) is 10.9. The predicted octanol–water partition coefficient (Wildman–Crippen LogP) is 2.48. The Balaban J connectivity index is 2.08. The topological polar surface area (TPSA) is 35.5 Å². The van der Waals surface area contributed by atoms with E-state index in [-0.39, 0.29) is 5.78 Å². The minimum atomic E-state index is -0.902. The van der Waals surface area contributed by atoms with Gasteiger partial charge in [0.1, 0.15) is 0 Å². The second-order valence-corrected chi connectivity index (χ2v) is 4.73. The number of carbonyl (C=O) groups is 1. The van der Waals surface area contributed by atoms with Gasteiger partial charge in [0.2, 0.25) is 5.79 Å².